The van der Waals surface area contributed by atoms with Gasteiger partial charge in [0.05, 0.1) is 5.52 Å². The van der Waals surface area contributed by atoms with Gasteiger partial charge in [-0.05, 0) is 64.9 Å². The lowest BCUT2D eigenvalue weighted by atomic mass is 9.86. The molecule has 0 radical (unpaired) electrons. The first-order valence-electron chi connectivity index (χ1n) is 8.79. The minimum absolute atomic E-state index is 0.0739. The van der Waals surface area contributed by atoms with Crippen molar-refractivity contribution < 1.29 is 8.92 Å². The van der Waals surface area contributed by atoms with Gasteiger partial charge in [0.15, 0.2) is 0 Å². The molecule has 27 heavy (non-hydrogen) atoms. The summed E-state index contributed by atoms with van der Waals surface area (Å²) in [7, 11) is -1.59. The number of halogens is 2. The van der Waals surface area contributed by atoms with Crippen LogP contribution in [0.15, 0.2) is 41.2 Å². The molecule has 2 aromatic carbocycles. The highest BCUT2D eigenvalue weighted by atomic mass is 127. The quantitative estimate of drug-likeness (QED) is 0.396. The van der Waals surface area contributed by atoms with Crippen LogP contribution in [0.1, 0.15) is 26.3 Å². The molecule has 3 aromatic rings. The van der Waals surface area contributed by atoms with Crippen LogP contribution in [0.5, 0.6) is 0 Å². The van der Waals surface area contributed by atoms with Crippen LogP contribution in [-0.4, -0.2) is 18.8 Å². The van der Waals surface area contributed by atoms with E-state index in [9.17, 15) is 9.18 Å². The summed E-state index contributed by atoms with van der Waals surface area (Å²) in [6.45, 7) is 10.2. The normalized spacial score (nSPS) is 12.0. The van der Waals surface area contributed by atoms with Crippen molar-refractivity contribution in [3.63, 3.8) is 0 Å². The molecule has 0 spiro atoms. The van der Waals surface area contributed by atoms with Crippen LogP contribution >= 0.6 is 22.6 Å². The molecule has 0 unspecified atom stereocenters. The maximum atomic E-state index is 14.8. The Hall–Kier alpha value is -1.74. The molecule has 0 saturated carbocycles. The number of para-hydroxylation sites is 1. The number of fused-ring (bicyclic) bond motifs is 1. The zero-order valence-electron chi connectivity index (χ0n) is 16.0. The van der Waals surface area contributed by atoms with Crippen molar-refractivity contribution in [2.75, 3.05) is 0 Å². The first-order chi connectivity index (χ1) is 12.6. The van der Waals surface area contributed by atoms with Gasteiger partial charge in [-0.15, -0.1) is 0 Å². The lowest BCUT2D eigenvalue weighted by Crippen LogP contribution is -2.35. The third kappa shape index (κ3) is 3.80. The number of rotatable bonds is 3. The number of benzene rings is 2. The van der Waals surface area contributed by atoms with E-state index in [2.05, 4.69) is 25.8 Å². The lowest BCUT2D eigenvalue weighted by Gasteiger charge is -2.23. The van der Waals surface area contributed by atoms with E-state index in [1.54, 1.807) is 18.2 Å². The zero-order valence-corrected chi connectivity index (χ0v) is 19.3. The van der Waals surface area contributed by atoms with Gasteiger partial charge in [-0.3, -0.25) is 4.79 Å². The molecular formula is C20H22FIN2O2Si. The molecule has 0 aliphatic rings. The second-order valence-corrected chi connectivity index (χ2v) is 11.2. The summed E-state index contributed by atoms with van der Waals surface area (Å²) in [6, 6.07) is 10.7. The molecule has 0 bridgehead atoms. The molecule has 0 N–H and O–H groups in total. The Morgan fingerprint density at radius 1 is 1.15 bits per heavy atom. The van der Waals surface area contributed by atoms with Gasteiger partial charge in [-0.2, -0.15) is 4.73 Å². The topological polar surface area (TPSA) is 44.1 Å². The van der Waals surface area contributed by atoms with Crippen molar-refractivity contribution in [2.24, 2.45) is 0 Å². The molecule has 1 heterocycles. The van der Waals surface area contributed by atoms with Gasteiger partial charge in [-0.25, -0.2) is 9.37 Å². The van der Waals surface area contributed by atoms with E-state index in [0.717, 1.165) is 5.56 Å². The van der Waals surface area contributed by atoms with Crippen LogP contribution in [0, 0.1) is 9.39 Å². The molecular weight excluding hydrogens is 474 g/mol. The van der Waals surface area contributed by atoms with E-state index in [0.29, 0.717) is 14.6 Å². The molecule has 0 atom stereocenters. The van der Waals surface area contributed by atoms with Crippen LogP contribution in [0.2, 0.25) is 13.1 Å². The van der Waals surface area contributed by atoms with Gasteiger partial charge in [-0.1, -0.05) is 39.0 Å². The average Bonchev–Trinajstić information content (AvgIpc) is 2.58. The fraction of sp³-hybridized carbons (Fsp3) is 0.300. The van der Waals surface area contributed by atoms with Crippen molar-refractivity contribution in [1.29, 1.82) is 0 Å². The molecule has 0 aliphatic carbocycles. The summed E-state index contributed by atoms with van der Waals surface area (Å²) in [5.74, 6) is -0.441. The molecule has 1 aromatic heterocycles. The largest absolute Gasteiger partial charge is 0.471 e. The minimum Gasteiger partial charge on any atom is -0.471 e. The Balaban J connectivity index is 2.47. The first-order valence-corrected chi connectivity index (χ1v) is 12.6. The van der Waals surface area contributed by atoms with E-state index in [-0.39, 0.29) is 16.7 Å². The summed E-state index contributed by atoms with van der Waals surface area (Å²) >= 11 is 1.92. The smallest absolute Gasteiger partial charge is 0.308 e. The third-order valence-corrected chi connectivity index (χ3v) is 5.64. The van der Waals surface area contributed by atoms with Crippen molar-refractivity contribution in [2.45, 2.75) is 39.3 Å². The molecule has 4 nitrogen and oxygen atoms in total. The number of nitrogens with zero attached hydrogens (tertiary/aromatic N) is 2. The highest BCUT2D eigenvalue weighted by Crippen LogP contribution is 2.30. The fourth-order valence-electron chi connectivity index (χ4n) is 2.96. The SMILES string of the molecule is C[SiH](C)On1c(=O)c(-c2cccc(I)c2F)nc2c(C(C)(C)C)cccc21. The van der Waals surface area contributed by atoms with Crippen LogP contribution in [0.25, 0.3) is 22.3 Å². The second-order valence-electron chi connectivity index (χ2n) is 7.74. The minimum atomic E-state index is -1.59. The summed E-state index contributed by atoms with van der Waals surface area (Å²) in [5, 5.41) is 0. The Kier molecular flexibility index (Phi) is 5.44. The summed E-state index contributed by atoms with van der Waals surface area (Å²) in [6.07, 6.45) is 0. The summed E-state index contributed by atoms with van der Waals surface area (Å²) in [5.41, 5.74) is 1.90. The predicted molar refractivity (Wildman–Crippen MR) is 118 cm³/mol. The van der Waals surface area contributed by atoms with Crippen LogP contribution in [0.4, 0.5) is 4.39 Å². The number of hydrogen-bond donors (Lipinski definition) is 0. The average molecular weight is 496 g/mol. The van der Waals surface area contributed by atoms with Crippen LogP contribution in [-0.2, 0) is 5.41 Å². The van der Waals surface area contributed by atoms with Gasteiger partial charge in [0.2, 0.25) is 0 Å². The van der Waals surface area contributed by atoms with Gasteiger partial charge in [0.25, 0.3) is 9.04 Å². The second kappa shape index (κ2) is 7.35. The Bertz CT molecular complexity index is 1070. The van der Waals surface area contributed by atoms with Gasteiger partial charge >= 0.3 is 5.56 Å². The number of aromatic nitrogens is 2. The van der Waals surface area contributed by atoms with Gasteiger partial charge < -0.3 is 4.53 Å². The maximum absolute atomic E-state index is 14.8. The molecule has 0 fully saturated rings. The fourth-order valence-corrected chi connectivity index (χ4v) is 4.09. The van der Waals surface area contributed by atoms with Crippen molar-refractivity contribution in [1.82, 2.24) is 9.71 Å². The Morgan fingerprint density at radius 2 is 1.81 bits per heavy atom. The first kappa shape index (κ1) is 20.0. The summed E-state index contributed by atoms with van der Waals surface area (Å²) in [4.78, 5) is 17.8. The van der Waals surface area contributed by atoms with E-state index in [4.69, 9.17) is 4.53 Å². The predicted octanol–water partition coefficient (Wildman–Crippen LogP) is 4.52. The molecule has 0 aliphatic heterocycles. The third-order valence-electron chi connectivity index (χ3n) is 4.18. The van der Waals surface area contributed by atoms with Crippen molar-refractivity contribution in [3.8, 4) is 11.3 Å². The number of hydrogen-bond acceptors (Lipinski definition) is 3. The molecule has 3 rings (SSSR count). The van der Waals surface area contributed by atoms with Crippen molar-refractivity contribution in [3.05, 3.63) is 61.7 Å². The standard InChI is InChI=1S/C20H22FIN2O2Si/c1-20(2,3)13-9-7-11-15-18(13)23-17(19(25)24(15)26-27(4)5)12-8-6-10-14(22)16(12)21/h6-11,27H,1-5H3. The maximum Gasteiger partial charge on any atom is 0.308 e. The Morgan fingerprint density at radius 3 is 2.44 bits per heavy atom. The molecule has 0 amide bonds. The summed E-state index contributed by atoms with van der Waals surface area (Å²) < 4.78 is 22.5. The Labute approximate surface area is 173 Å². The molecule has 142 valence electrons. The van der Waals surface area contributed by atoms with E-state index in [1.807, 2.05) is 53.9 Å². The van der Waals surface area contributed by atoms with E-state index in [1.165, 1.54) is 4.73 Å². The molecule has 7 heteroatoms. The van der Waals surface area contributed by atoms with E-state index < -0.39 is 20.4 Å². The van der Waals surface area contributed by atoms with Crippen LogP contribution < -0.4 is 10.1 Å². The van der Waals surface area contributed by atoms with Gasteiger partial charge in [0, 0.05) is 9.13 Å². The highest BCUT2D eigenvalue weighted by molar-refractivity contribution is 14.1. The van der Waals surface area contributed by atoms with Gasteiger partial charge in [0.1, 0.15) is 17.0 Å². The monoisotopic (exact) mass is 496 g/mol. The molecule has 0 saturated heterocycles. The van der Waals surface area contributed by atoms with Crippen molar-refractivity contribution >= 4 is 42.7 Å². The van der Waals surface area contributed by atoms with E-state index >= 15 is 0 Å². The lowest BCUT2D eigenvalue weighted by molar-refractivity contribution is 0.283. The highest BCUT2D eigenvalue weighted by Gasteiger charge is 2.23. The van der Waals surface area contributed by atoms with Crippen LogP contribution in [0.3, 0.4) is 0 Å². The zero-order chi connectivity index (χ0) is 19.9.